The van der Waals surface area contributed by atoms with Crippen molar-refractivity contribution in [3.8, 4) is 0 Å². The lowest BCUT2D eigenvalue weighted by molar-refractivity contribution is 0.0808. The average Bonchev–Trinajstić information content (AvgIpc) is 2.47. The summed E-state index contributed by atoms with van der Waals surface area (Å²) in [7, 11) is 0. The van der Waals surface area contributed by atoms with Crippen LogP contribution in [0.15, 0.2) is 23.4 Å². The third kappa shape index (κ3) is 2.47. The lowest BCUT2D eigenvalue weighted by atomic mass is 9.84. The first-order valence-corrected chi connectivity index (χ1v) is 6.84. The van der Waals surface area contributed by atoms with Crippen molar-refractivity contribution in [3.05, 3.63) is 35.4 Å². The summed E-state index contributed by atoms with van der Waals surface area (Å²) in [4.78, 5) is 2.34. The van der Waals surface area contributed by atoms with Crippen LogP contribution in [0.25, 0.3) is 0 Å². The molecule has 2 N–H and O–H groups in total. The number of nitrogens with zero attached hydrogens (tertiary/aromatic N) is 2. The van der Waals surface area contributed by atoms with E-state index in [0.29, 0.717) is 5.92 Å². The van der Waals surface area contributed by atoms with Crippen LogP contribution in [0.3, 0.4) is 0 Å². The maximum atomic E-state index is 13.7. The fourth-order valence-electron chi connectivity index (χ4n) is 3.15. The van der Waals surface area contributed by atoms with Gasteiger partial charge in [0.05, 0.1) is 5.56 Å². The normalized spacial score (nSPS) is 29.5. The van der Waals surface area contributed by atoms with Gasteiger partial charge in [-0.15, -0.1) is 0 Å². The Morgan fingerprint density at radius 3 is 2.60 bits per heavy atom. The van der Waals surface area contributed by atoms with Crippen molar-refractivity contribution in [2.45, 2.75) is 18.9 Å². The molecule has 0 amide bonds. The van der Waals surface area contributed by atoms with Gasteiger partial charge in [0.15, 0.2) is 5.84 Å². The van der Waals surface area contributed by atoms with E-state index in [1.54, 1.807) is 0 Å². The third-order valence-electron chi connectivity index (χ3n) is 4.26. The number of nitrogens with one attached hydrogen (secondary N) is 1. The van der Waals surface area contributed by atoms with E-state index in [1.165, 1.54) is 6.07 Å². The second-order valence-electron chi connectivity index (χ2n) is 5.46. The van der Waals surface area contributed by atoms with Gasteiger partial charge < -0.3 is 15.4 Å². The molecule has 0 aliphatic carbocycles. The van der Waals surface area contributed by atoms with Crippen molar-refractivity contribution in [3.63, 3.8) is 0 Å². The van der Waals surface area contributed by atoms with Crippen LogP contribution in [-0.2, 0) is 0 Å². The number of fused-ring (bicyclic) bond motifs is 3. The summed E-state index contributed by atoms with van der Waals surface area (Å²) in [6.45, 7) is 3.06. The lowest BCUT2D eigenvalue weighted by Gasteiger charge is -2.45. The van der Waals surface area contributed by atoms with Crippen LogP contribution < -0.4 is 5.32 Å². The molecule has 3 aliphatic rings. The van der Waals surface area contributed by atoms with Gasteiger partial charge in [-0.25, -0.2) is 8.78 Å². The molecule has 4 nitrogen and oxygen atoms in total. The minimum absolute atomic E-state index is 0.0706. The van der Waals surface area contributed by atoms with Gasteiger partial charge in [-0.05, 0) is 44.0 Å². The fourth-order valence-corrected chi connectivity index (χ4v) is 3.15. The second kappa shape index (κ2) is 5.36. The van der Waals surface area contributed by atoms with Crippen molar-refractivity contribution >= 4 is 5.84 Å². The van der Waals surface area contributed by atoms with Crippen molar-refractivity contribution in [1.29, 1.82) is 0 Å². The summed E-state index contributed by atoms with van der Waals surface area (Å²) in [6, 6.07) is 3.38. The van der Waals surface area contributed by atoms with E-state index < -0.39 is 11.6 Å². The van der Waals surface area contributed by atoms with Crippen molar-refractivity contribution < 1.29 is 14.0 Å². The first-order chi connectivity index (χ1) is 9.67. The van der Waals surface area contributed by atoms with Crippen molar-refractivity contribution in [2.75, 3.05) is 19.6 Å². The van der Waals surface area contributed by atoms with Gasteiger partial charge >= 0.3 is 0 Å². The molecule has 1 aromatic carbocycles. The molecule has 20 heavy (non-hydrogen) atoms. The van der Waals surface area contributed by atoms with Crippen LogP contribution >= 0.6 is 0 Å². The highest BCUT2D eigenvalue weighted by Gasteiger charge is 2.34. The molecule has 1 aromatic rings. The first kappa shape index (κ1) is 13.3. The van der Waals surface area contributed by atoms with Crippen LogP contribution in [0.5, 0.6) is 0 Å². The molecule has 0 radical (unpaired) electrons. The number of benzene rings is 1. The first-order valence-electron chi connectivity index (χ1n) is 6.84. The topological polar surface area (TPSA) is 47.9 Å². The van der Waals surface area contributed by atoms with Crippen LogP contribution in [-0.4, -0.2) is 41.6 Å². The quantitative estimate of drug-likeness (QED) is 0.376. The zero-order chi connectivity index (χ0) is 14.1. The standard InChI is InChI=1S/C14H17F2N3O/c15-10-1-2-11(12(16)7-10)14(18-20)17-13-8-19-5-3-9(13)4-6-19/h1-2,7,9,13,20H,3-6,8H2,(H,17,18)/t13-/m0/s1. The van der Waals surface area contributed by atoms with Crippen molar-refractivity contribution in [2.24, 2.45) is 11.1 Å². The van der Waals surface area contributed by atoms with Crippen molar-refractivity contribution in [1.82, 2.24) is 10.2 Å². The van der Waals surface area contributed by atoms with E-state index in [2.05, 4.69) is 15.4 Å². The molecular formula is C14H17F2N3O. The van der Waals surface area contributed by atoms with E-state index in [1.807, 2.05) is 0 Å². The van der Waals surface area contributed by atoms with E-state index in [0.717, 1.165) is 44.6 Å². The van der Waals surface area contributed by atoms with E-state index in [9.17, 15) is 8.78 Å². The molecule has 3 saturated heterocycles. The number of hydrogen-bond donors (Lipinski definition) is 2. The monoisotopic (exact) mass is 281 g/mol. The molecule has 4 rings (SSSR count). The smallest absolute Gasteiger partial charge is 0.175 e. The number of halogens is 2. The zero-order valence-corrected chi connectivity index (χ0v) is 11.0. The molecule has 6 heteroatoms. The highest BCUT2D eigenvalue weighted by molar-refractivity contribution is 5.98. The Labute approximate surface area is 116 Å². The van der Waals surface area contributed by atoms with Gasteiger partial charge in [0.25, 0.3) is 0 Å². The van der Waals surface area contributed by atoms with Crippen LogP contribution in [0, 0.1) is 17.6 Å². The summed E-state index contributed by atoms with van der Waals surface area (Å²) >= 11 is 0. The molecule has 3 heterocycles. The number of hydrogen-bond acceptors (Lipinski definition) is 3. The molecule has 3 aliphatic heterocycles. The van der Waals surface area contributed by atoms with E-state index >= 15 is 0 Å². The Bertz CT molecular complexity index is 527. The summed E-state index contributed by atoms with van der Waals surface area (Å²) in [5, 5.41) is 15.4. The Hall–Kier alpha value is -1.69. The highest BCUT2D eigenvalue weighted by atomic mass is 19.1. The van der Waals surface area contributed by atoms with E-state index in [4.69, 9.17) is 5.21 Å². The highest BCUT2D eigenvalue weighted by Crippen LogP contribution is 2.27. The predicted octanol–water partition coefficient (Wildman–Crippen LogP) is 1.78. The predicted molar refractivity (Wildman–Crippen MR) is 70.8 cm³/mol. The van der Waals surface area contributed by atoms with Gasteiger partial charge in [0, 0.05) is 18.7 Å². The van der Waals surface area contributed by atoms with Crippen LogP contribution in [0.4, 0.5) is 8.78 Å². The molecule has 1 atom stereocenters. The fraction of sp³-hybridized carbons (Fsp3) is 0.500. The number of piperidine rings is 3. The summed E-state index contributed by atoms with van der Waals surface area (Å²) in [5.74, 6) is -0.792. The van der Waals surface area contributed by atoms with Gasteiger partial charge in [-0.2, -0.15) is 0 Å². The Kier molecular flexibility index (Phi) is 3.56. The third-order valence-corrected chi connectivity index (χ3v) is 4.26. The van der Waals surface area contributed by atoms with Gasteiger partial charge in [0.1, 0.15) is 11.6 Å². The lowest BCUT2D eigenvalue weighted by Crippen LogP contribution is -2.57. The molecule has 108 valence electrons. The minimum atomic E-state index is -0.730. The summed E-state index contributed by atoms with van der Waals surface area (Å²) in [5.41, 5.74) is 0.0883. The number of rotatable bonds is 2. The summed E-state index contributed by atoms with van der Waals surface area (Å²) < 4.78 is 26.7. The average molecular weight is 281 g/mol. The van der Waals surface area contributed by atoms with Crippen LogP contribution in [0.2, 0.25) is 0 Å². The van der Waals surface area contributed by atoms with Gasteiger partial charge in [0.2, 0.25) is 0 Å². The summed E-state index contributed by atoms with van der Waals surface area (Å²) in [6.07, 6.45) is 2.20. The number of oxime groups is 1. The van der Waals surface area contributed by atoms with Gasteiger partial charge in [-0.1, -0.05) is 5.16 Å². The van der Waals surface area contributed by atoms with E-state index in [-0.39, 0.29) is 17.4 Å². The molecule has 0 spiro atoms. The molecular weight excluding hydrogens is 264 g/mol. The zero-order valence-electron chi connectivity index (χ0n) is 11.0. The minimum Gasteiger partial charge on any atom is -0.409 e. The molecule has 2 bridgehead atoms. The maximum absolute atomic E-state index is 13.7. The second-order valence-corrected chi connectivity index (χ2v) is 5.46. The Morgan fingerprint density at radius 2 is 2.05 bits per heavy atom. The Morgan fingerprint density at radius 1 is 1.30 bits per heavy atom. The van der Waals surface area contributed by atoms with Crippen LogP contribution in [0.1, 0.15) is 18.4 Å². The largest absolute Gasteiger partial charge is 0.409 e. The number of amidine groups is 1. The maximum Gasteiger partial charge on any atom is 0.175 e. The molecule has 0 saturated carbocycles. The molecule has 0 aromatic heterocycles. The van der Waals surface area contributed by atoms with Gasteiger partial charge in [-0.3, -0.25) is 0 Å². The molecule has 0 unspecified atom stereocenters. The molecule has 3 fully saturated rings. The Balaban J connectivity index is 1.77. The SMILES string of the molecule is O/N=C(/N[C@H]1CN2CCC1CC2)c1ccc(F)cc1F.